The van der Waals surface area contributed by atoms with Gasteiger partial charge in [0.25, 0.3) is 0 Å². The lowest BCUT2D eigenvalue weighted by molar-refractivity contribution is 0.0285. The maximum absolute atomic E-state index is 12.8. The number of nitrogens with two attached hydrogens (primary N) is 1. The van der Waals surface area contributed by atoms with Gasteiger partial charge in [-0.3, -0.25) is 0 Å². The molecule has 36 heavy (non-hydrogen) atoms. The Kier molecular flexibility index (Phi) is 6.14. The third-order valence-electron chi connectivity index (χ3n) is 7.14. The minimum absolute atomic E-state index is 0.159. The fraction of sp³-hybridized carbons (Fsp3) is 0.640. The summed E-state index contributed by atoms with van der Waals surface area (Å²) in [4.78, 5) is 37.7. The van der Waals surface area contributed by atoms with E-state index in [9.17, 15) is 4.79 Å². The van der Waals surface area contributed by atoms with Crippen molar-refractivity contribution in [1.82, 2.24) is 24.8 Å². The predicted molar refractivity (Wildman–Crippen MR) is 137 cm³/mol. The quantitative estimate of drug-likeness (QED) is 0.678. The number of amides is 1. The van der Waals surface area contributed by atoms with Crippen LogP contribution in [0.1, 0.15) is 46.6 Å². The number of hydrogen-bond donors (Lipinski definition) is 1. The van der Waals surface area contributed by atoms with Gasteiger partial charge < -0.3 is 29.9 Å². The zero-order valence-corrected chi connectivity index (χ0v) is 21.8. The monoisotopic (exact) mass is 496 g/mol. The Hall–Kier alpha value is -3.21. The number of ether oxygens (including phenoxy) is 2. The zero-order valence-electron chi connectivity index (χ0n) is 21.8. The number of anilines is 3. The van der Waals surface area contributed by atoms with E-state index in [2.05, 4.69) is 33.6 Å². The van der Waals surface area contributed by atoms with Gasteiger partial charge in [-0.1, -0.05) is 0 Å². The Morgan fingerprint density at radius 3 is 2.64 bits per heavy atom. The van der Waals surface area contributed by atoms with Crippen LogP contribution in [0, 0.1) is 0 Å². The fourth-order valence-electron chi connectivity index (χ4n) is 5.27. The molecule has 0 spiro atoms. The highest BCUT2D eigenvalue weighted by Gasteiger charge is 2.45. The summed E-state index contributed by atoms with van der Waals surface area (Å²) in [6.07, 6.45) is 4.81. The highest BCUT2D eigenvalue weighted by Crippen LogP contribution is 2.41. The number of aromatic nitrogens is 4. The third kappa shape index (κ3) is 4.63. The van der Waals surface area contributed by atoms with Crippen molar-refractivity contribution in [3.8, 4) is 11.3 Å². The van der Waals surface area contributed by atoms with E-state index in [0.717, 1.165) is 48.6 Å². The molecule has 2 N–H and O–H groups in total. The Bertz CT molecular complexity index is 1140. The fourth-order valence-corrected chi connectivity index (χ4v) is 5.27. The van der Waals surface area contributed by atoms with Gasteiger partial charge in [0, 0.05) is 49.7 Å². The smallest absolute Gasteiger partial charge is 0.410 e. The molecular formula is C25H36N8O3. The number of carbonyl (C=O) groups excluding carboxylic acids is 1. The first-order chi connectivity index (χ1) is 17.0. The van der Waals surface area contributed by atoms with E-state index in [1.54, 1.807) is 12.4 Å². The first kappa shape index (κ1) is 24.5. The minimum atomic E-state index is -0.524. The molecule has 0 bridgehead atoms. The molecule has 5 heterocycles. The number of nitrogen functional groups attached to an aromatic ring is 1. The van der Waals surface area contributed by atoms with Crippen molar-refractivity contribution < 1.29 is 14.3 Å². The molecule has 11 nitrogen and oxygen atoms in total. The van der Waals surface area contributed by atoms with Crippen LogP contribution in [0.4, 0.5) is 22.5 Å². The second-order valence-corrected chi connectivity index (χ2v) is 11.2. The standard InChI is InChI=1S/C25H36N8O3/c1-16-14-35-11-10-32(16)22-29-19(17-12-27-21(26)28-13-17)18-6-8-33(20(18)30-22)25(5)7-9-31(15-25)23(34)36-24(2,3)4/h12-13,16H,6-11,14-15H2,1-5H3,(H2,26,27,28)/t16-,25-/m0/s1. The van der Waals surface area contributed by atoms with E-state index in [0.29, 0.717) is 32.3 Å². The summed E-state index contributed by atoms with van der Waals surface area (Å²) >= 11 is 0. The average Bonchev–Trinajstić information content (AvgIpc) is 3.43. The first-order valence-corrected chi connectivity index (χ1v) is 12.6. The van der Waals surface area contributed by atoms with E-state index in [-0.39, 0.29) is 23.6 Å². The lowest BCUT2D eigenvalue weighted by Gasteiger charge is -2.38. The number of morpholine rings is 1. The molecule has 5 rings (SSSR count). The zero-order chi connectivity index (χ0) is 25.7. The van der Waals surface area contributed by atoms with E-state index < -0.39 is 5.60 Å². The molecule has 1 amide bonds. The molecule has 2 aromatic rings. The van der Waals surface area contributed by atoms with Gasteiger partial charge in [-0.2, -0.15) is 4.98 Å². The lowest BCUT2D eigenvalue weighted by Crippen LogP contribution is -2.49. The molecule has 3 aliphatic heterocycles. The lowest BCUT2D eigenvalue weighted by atomic mass is 9.99. The third-order valence-corrected chi connectivity index (χ3v) is 7.14. The van der Waals surface area contributed by atoms with Crippen LogP contribution in [0.15, 0.2) is 12.4 Å². The van der Waals surface area contributed by atoms with Crippen molar-refractivity contribution >= 4 is 23.8 Å². The molecule has 2 saturated heterocycles. The SMILES string of the molecule is C[C@H]1COCCN1c1nc(-c2cnc(N)nc2)c2c(n1)N([C@@]1(C)CCN(C(=O)OC(C)(C)C)C1)CC2. The minimum Gasteiger partial charge on any atom is -0.444 e. The summed E-state index contributed by atoms with van der Waals surface area (Å²) in [5.41, 5.74) is 7.69. The molecule has 3 aliphatic rings. The maximum Gasteiger partial charge on any atom is 0.410 e. The summed E-state index contributed by atoms with van der Waals surface area (Å²) in [5.74, 6) is 1.82. The Labute approximate surface area is 212 Å². The average molecular weight is 497 g/mol. The molecule has 11 heteroatoms. The Morgan fingerprint density at radius 2 is 1.94 bits per heavy atom. The second-order valence-electron chi connectivity index (χ2n) is 11.2. The largest absolute Gasteiger partial charge is 0.444 e. The summed E-state index contributed by atoms with van der Waals surface area (Å²) in [6, 6.07) is 0.159. The highest BCUT2D eigenvalue weighted by molar-refractivity contribution is 5.74. The molecule has 194 valence electrons. The van der Waals surface area contributed by atoms with Gasteiger partial charge in [-0.25, -0.2) is 19.7 Å². The van der Waals surface area contributed by atoms with Gasteiger partial charge in [-0.05, 0) is 47.5 Å². The number of rotatable bonds is 3. The Morgan fingerprint density at radius 1 is 1.19 bits per heavy atom. The van der Waals surface area contributed by atoms with Crippen molar-refractivity contribution in [3.05, 3.63) is 18.0 Å². The van der Waals surface area contributed by atoms with Crippen LogP contribution in [-0.4, -0.2) is 87.5 Å². The summed E-state index contributed by atoms with van der Waals surface area (Å²) in [5, 5.41) is 0. The number of carbonyl (C=O) groups is 1. The van der Waals surface area contributed by atoms with E-state index >= 15 is 0 Å². The van der Waals surface area contributed by atoms with Gasteiger partial charge in [0.15, 0.2) is 0 Å². The number of likely N-dealkylation sites (tertiary alicyclic amines) is 1. The molecule has 0 aromatic carbocycles. The van der Waals surface area contributed by atoms with Crippen molar-refractivity contribution in [2.24, 2.45) is 0 Å². The van der Waals surface area contributed by atoms with E-state index in [1.807, 2.05) is 25.7 Å². The maximum atomic E-state index is 12.8. The van der Waals surface area contributed by atoms with Gasteiger partial charge >= 0.3 is 6.09 Å². The Balaban J connectivity index is 1.51. The molecule has 0 unspecified atom stereocenters. The van der Waals surface area contributed by atoms with E-state index in [1.165, 1.54) is 0 Å². The highest BCUT2D eigenvalue weighted by atomic mass is 16.6. The molecule has 0 aliphatic carbocycles. The van der Waals surface area contributed by atoms with Crippen LogP contribution in [0.25, 0.3) is 11.3 Å². The molecular weight excluding hydrogens is 460 g/mol. The summed E-state index contributed by atoms with van der Waals surface area (Å²) in [6.45, 7) is 14.0. The van der Waals surface area contributed by atoms with Crippen LogP contribution < -0.4 is 15.5 Å². The van der Waals surface area contributed by atoms with Crippen LogP contribution in [0.2, 0.25) is 0 Å². The van der Waals surface area contributed by atoms with Gasteiger partial charge in [0.2, 0.25) is 11.9 Å². The van der Waals surface area contributed by atoms with Crippen LogP contribution in [-0.2, 0) is 15.9 Å². The predicted octanol–water partition coefficient (Wildman–Crippen LogP) is 2.50. The van der Waals surface area contributed by atoms with Crippen molar-refractivity contribution in [2.45, 2.75) is 64.6 Å². The molecule has 0 saturated carbocycles. The van der Waals surface area contributed by atoms with Crippen LogP contribution >= 0.6 is 0 Å². The number of fused-ring (bicyclic) bond motifs is 1. The first-order valence-electron chi connectivity index (χ1n) is 12.6. The second kappa shape index (κ2) is 9.02. The van der Waals surface area contributed by atoms with Crippen molar-refractivity contribution in [1.29, 1.82) is 0 Å². The molecule has 2 aromatic heterocycles. The topological polar surface area (TPSA) is 123 Å². The molecule has 2 fully saturated rings. The summed E-state index contributed by atoms with van der Waals surface area (Å²) in [7, 11) is 0. The van der Waals surface area contributed by atoms with Crippen LogP contribution in [0.5, 0.6) is 0 Å². The van der Waals surface area contributed by atoms with Crippen molar-refractivity contribution in [3.63, 3.8) is 0 Å². The number of hydrogen-bond acceptors (Lipinski definition) is 10. The molecule has 0 radical (unpaired) electrons. The molecule has 2 atom stereocenters. The number of nitrogens with zero attached hydrogens (tertiary/aromatic N) is 7. The summed E-state index contributed by atoms with van der Waals surface area (Å²) < 4.78 is 11.3. The van der Waals surface area contributed by atoms with E-state index in [4.69, 9.17) is 25.2 Å². The van der Waals surface area contributed by atoms with Gasteiger partial charge in [-0.15, -0.1) is 0 Å². The van der Waals surface area contributed by atoms with Gasteiger partial charge in [0.05, 0.1) is 30.5 Å². The normalized spacial score (nSPS) is 24.2. The van der Waals surface area contributed by atoms with Crippen LogP contribution in [0.3, 0.4) is 0 Å². The van der Waals surface area contributed by atoms with Gasteiger partial charge in [0.1, 0.15) is 11.4 Å². The van der Waals surface area contributed by atoms with Crippen molar-refractivity contribution in [2.75, 3.05) is 54.9 Å².